The van der Waals surface area contributed by atoms with Crippen LogP contribution in [-0.4, -0.2) is 42.3 Å². The van der Waals surface area contributed by atoms with Gasteiger partial charge in [-0.15, -0.1) is 11.3 Å². The van der Waals surface area contributed by atoms with Crippen LogP contribution in [0.4, 0.5) is 0 Å². The van der Waals surface area contributed by atoms with E-state index < -0.39 is 5.97 Å². The maximum atomic E-state index is 10.6. The first-order valence-electron chi connectivity index (χ1n) is 6.25. The minimum absolute atomic E-state index is 0.425. The van der Waals surface area contributed by atoms with E-state index in [-0.39, 0.29) is 0 Å². The zero-order chi connectivity index (χ0) is 14.3. The summed E-state index contributed by atoms with van der Waals surface area (Å²) in [5.41, 5.74) is 0.982. The molecular formula is C14H21NO3S. The summed E-state index contributed by atoms with van der Waals surface area (Å²) in [6.07, 6.45) is 2.84. The van der Waals surface area contributed by atoms with E-state index in [1.807, 2.05) is 11.4 Å². The van der Waals surface area contributed by atoms with Crippen LogP contribution in [0, 0.1) is 0 Å². The van der Waals surface area contributed by atoms with Crippen LogP contribution in [0.25, 0.3) is 6.08 Å². The fourth-order valence-corrected chi connectivity index (χ4v) is 2.59. The molecule has 0 amide bonds. The van der Waals surface area contributed by atoms with Gasteiger partial charge in [0.2, 0.25) is 0 Å². The summed E-state index contributed by atoms with van der Waals surface area (Å²) in [6, 6.07) is 2.38. The number of carboxylic acid groups (broad SMARTS) is 1. The van der Waals surface area contributed by atoms with Gasteiger partial charge >= 0.3 is 5.97 Å². The maximum Gasteiger partial charge on any atom is 0.328 e. The summed E-state index contributed by atoms with van der Waals surface area (Å²) in [6.45, 7) is 6.68. The topological polar surface area (TPSA) is 49.8 Å². The van der Waals surface area contributed by atoms with Crippen molar-refractivity contribution in [2.75, 3.05) is 20.3 Å². The predicted molar refractivity (Wildman–Crippen MR) is 78.4 cm³/mol. The molecule has 5 heteroatoms. The van der Waals surface area contributed by atoms with Crippen molar-refractivity contribution in [2.24, 2.45) is 0 Å². The number of aliphatic carboxylic acids is 1. The molecular weight excluding hydrogens is 262 g/mol. The minimum atomic E-state index is -0.919. The lowest BCUT2D eigenvalue weighted by atomic mass is 10.2. The van der Waals surface area contributed by atoms with Crippen LogP contribution < -0.4 is 0 Å². The Balaban J connectivity index is 2.74. The Hall–Kier alpha value is -1.17. The SMILES string of the molecule is COCCN(Cc1sccc1/C=C/C(=O)O)C(C)C. The molecule has 0 saturated heterocycles. The molecule has 0 unspecified atom stereocenters. The highest BCUT2D eigenvalue weighted by Crippen LogP contribution is 2.21. The third-order valence-electron chi connectivity index (χ3n) is 2.84. The van der Waals surface area contributed by atoms with Gasteiger partial charge < -0.3 is 9.84 Å². The Morgan fingerprint density at radius 1 is 1.58 bits per heavy atom. The van der Waals surface area contributed by atoms with Crippen LogP contribution in [0.5, 0.6) is 0 Å². The average molecular weight is 283 g/mol. The predicted octanol–water partition coefficient (Wildman–Crippen LogP) is 2.70. The van der Waals surface area contributed by atoms with E-state index in [4.69, 9.17) is 9.84 Å². The van der Waals surface area contributed by atoms with Crippen LogP contribution >= 0.6 is 11.3 Å². The zero-order valence-corrected chi connectivity index (χ0v) is 12.4. The smallest absolute Gasteiger partial charge is 0.328 e. The molecule has 0 atom stereocenters. The van der Waals surface area contributed by atoms with E-state index in [9.17, 15) is 4.79 Å². The Bertz CT molecular complexity index is 426. The van der Waals surface area contributed by atoms with Gasteiger partial charge in [0.1, 0.15) is 0 Å². The number of thiophene rings is 1. The summed E-state index contributed by atoms with van der Waals surface area (Å²) in [5, 5.41) is 10.7. The van der Waals surface area contributed by atoms with Gasteiger partial charge in [0.05, 0.1) is 6.61 Å². The molecule has 0 aliphatic heterocycles. The van der Waals surface area contributed by atoms with Crippen LogP contribution in [0.15, 0.2) is 17.5 Å². The molecule has 0 radical (unpaired) electrons. The third kappa shape index (κ3) is 5.55. The molecule has 0 aliphatic rings. The second-order valence-electron chi connectivity index (χ2n) is 4.53. The number of carboxylic acids is 1. The van der Waals surface area contributed by atoms with Gasteiger partial charge in [-0.2, -0.15) is 0 Å². The fraction of sp³-hybridized carbons (Fsp3) is 0.500. The average Bonchev–Trinajstić information content (AvgIpc) is 2.78. The molecule has 19 heavy (non-hydrogen) atoms. The molecule has 4 nitrogen and oxygen atoms in total. The zero-order valence-electron chi connectivity index (χ0n) is 11.6. The molecule has 0 bridgehead atoms. The van der Waals surface area contributed by atoms with Gasteiger partial charge in [-0.25, -0.2) is 4.79 Å². The van der Waals surface area contributed by atoms with Crippen LogP contribution in [0.3, 0.4) is 0 Å². The molecule has 1 rings (SSSR count). The van der Waals surface area contributed by atoms with E-state index >= 15 is 0 Å². The number of hydrogen-bond acceptors (Lipinski definition) is 4. The molecule has 1 N–H and O–H groups in total. The van der Waals surface area contributed by atoms with Gasteiger partial charge in [0, 0.05) is 37.2 Å². The fourth-order valence-electron chi connectivity index (χ4n) is 1.70. The summed E-state index contributed by atoms with van der Waals surface area (Å²) >= 11 is 1.65. The van der Waals surface area contributed by atoms with Gasteiger partial charge in [0.15, 0.2) is 0 Å². The van der Waals surface area contributed by atoms with Crippen molar-refractivity contribution in [3.8, 4) is 0 Å². The molecule has 1 heterocycles. The van der Waals surface area contributed by atoms with Crippen molar-refractivity contribution in [2.45, 2.75) is 26.4 Å². The highest BCUT2D eigenvalue weighted by molar-refractivity contribution is 7.10. The quantitative estimate of drug-likeness (QED) is 0.745. The molecule has 1 aromatic heterocycles. The van der Waals surface area contributed by atoms with Gasteiger partial charge in [-0.1, -0.05) is 0 Å². The molecule has 106 valence electrons. The van der Waals surface area contributed by atoms with Crippen LogP contribution in [0.1, 0.15) is 24.3 Å². The van der Waals surface area contributed by atoms with Crippen LogP contribution in [-0.2, 0) is 16.1 Å². The number of nitrogens with zero attached hydrogens (tertiary/aromatic N) is 1. The first-order valence-corrected chi connectivity index (χ1v) is 7.13. The Morgan fingerprint density at radius 3 is 2.89 bits per heavy atom. The summed E-state index contributed by atoms with van der Waals surface area (Å²) in [4.78, 5) is 14.1. The largest absolute Gasteiger partial charge is 0.478 e. The van der Waals surface area contributed by atoms with Crippen molar-refractivity contribution in [3.63, 3.8) is 0 Å². The molecule has 0 aromatic carbocycles. The van der Waals surface area contributed by atoms with E-state index in [1.54, 1.807) is 24.5 Å². The van der Waals surface area contributed by atoms with E-state index in [0.29, 0.717) is 12.6 Å². The van der Waals surface area contributed by atoms with E-state index in [2.05, 4.69) is 18.7 Å². The van der Waals surface area contributed by atoms with Gasteiger partial charge in [-0.05, 0) is 36.9 Å². The third-order valence-corrected chi connectivity index (χ3v) is 3.77. The van der Waals surface area contributed by atoms with Crippen molar-refractivity contribution in [1.29, 1.82) is 0 Å². The summed E-state index contributed by atoms with van der Waals surface area (Å²) in [5.74, 6) is -0.919. The Kier molecular flexibility index (Phi) is 6.77. The number of methoxy groups -OCH3 is 1. The van der Waals surface area contributed by atoms with Gasteiger partial charge in [-0.3, -0.25) is 4.90 Å². The van der Waals surface area contributed by atoms with Crippen molar-refractivity contribution in [3.05, 3.63) is 28.0 Å². The van der Waals surface area contributed by atoms with Crippen molar-refractivity contribution < 1.29 is 14.6 Å². The van der Waals surface area contributed by atoms with Crippen molar-refractivity contribution >= 4 is 23.4 Å². The highest BCUT2D eigenvalue weighted by Gasteiger charge is 2.12. The highest BCUT2D eigenvalue weighted by atomic mass is 32.1. The monoisotopic (exact) mass is 283 g/mol. The first kappa shape index (κ1) is 15.9. The molecule has 0 spiro atoms. The number of hydrogen-bond donors (Lipinski definition) is 1. The minimum Gasteiger partial charge on any atom is -0.478 e. The van der Waals surface area contributed by atoms with Crippen molar-refractivity contribution in [1.82, 2.24) is 4.90 Å². The van der Waals surface area contributed by atoms with Gasteiger partial charge in [0.25, 0.3) is 0 Å². The second-order valence-corrected chi connectivity index (χ2v) is 5.53. The number of ether oxygens (including phenoxy) is 1. The normalized spacial score (nSPS) is 11.8. The first-order chi connectivity index (χ1) is 9.04. The molecule has 1 aromatic rings. The lowest BCUT2D eigenvalue weighted by molar-refractivity contribution is -0.131. The second kappa shape index (κ2) is 8.09. The van der Waals surface area contributed by atoms with E-state index in [0.717, 1.165) is 18.7 Å². The molecule has 0 saturated carbocycles. The van der Waals surface area contributed by atoms with E-state index in [1.165, 1.54) is 11.0 Å². The number of rotatable bonds is 8. The maximum absolute atomic E-state index is 10.6. The lowest BCUT2D eigenvalue weighted by Crippen LogP contribution is -2.33. The summed E-state index contributed by atoms with van der Waals surface area (Å²) in [7, 11) is 1.70. The summed E-state index contributed by atoms with van der Waals surface area (Å²) < 4.78 is 5.12. The van der Waals surface area contributed by atoms with Crippen LogP contribution in [0.2, 0.25) is 0 Å². The lowest BCUT2D eigenvalue weighted by Gasteiger charge is -2.25. The number of carbonyl (C=O) groups is 1. The Labute approximate surface area is 118 Å². The molecule has 0 aliphatic carbocycles. The standard InChI is InChI=1S/C14H21NO3S/c1-11(2)15(7-8-18-3)10-13-12(6-9-19-13)4-5-14(16)17/h4-6,9,11H,7-8,10H2,1-3H3,(H,16,17)/b5-4+. The molecule has 0 fully saturated rings. The Morgan fingerprint density at radius 2 is 2.32 bits per heavy atom.